The summed E-state index contributed by atoms with van der Waals surface area (Å²) in [6.45, 7) is 5.65. The van der Waals surface area contributed by atoms with Crippen molar-refractivity contribution in [1.82, 2.24) is 14.9 Å². The molecule has 12 heteroatoms. The number of nitrogens with one attached hydrogen (secondary N) is 2. The van der Waals surface area contributed by atoms with E-state index in [1.54, 1.807) is 30.9 Å². The molecule has 2 aromatic carbocycles. The molecule has 0 spiro atoms. The Hall–Kier alpha value is -3.51. The number of halogens is 1. The molecule has 2 aliphatic rings. The van der Waals surface area contributed by atoms with Crippen LogP contribution in [0.2, 0.25) is 0 Å². The van der Waals surface area contributed by atoms with Crippen LogP contribution in [0.25, 0.3) is 0 Å². The quantitative estimate of drug-likeness (QED) is 0.479. The first kappa shape index (κ1) is 25.2. The van der Waals surface area contributed by atoms with Crippen molar-refractivity contribution in [2.45, 2.75) is 50.5 Å². The molecule has 0 saturated heterocycles. The van der Waals surface area contributed by atoms with Crippen LogP contribution in [0.15, 0.2) is 44.4 Å². The normalized spacial score (nSPS) is 17.1. The average Bonchev–Trinajstić information content (AvgIpc) is 3.64. The van der Waals surface area contributed by atoms with Crippen LogP contribution in [-0.4, -0.2) is 37.7 Å². The first-order valence-electron chi connectivity index (χ1n) is 12.0. The number of anilines is 1. The number of amides is 1. The van der Waals surface area contributed by atoms with E-state index in [1.165, 1.54) is 18.2 Å². The third kappa shape index (κ3) is 4.66. The lowest BCUT2D eigenvalue weighted by atomic mass is 9.88. The monoisotopic (exact) mass is 530 g/mol. The number of rotatable bonds is 7. The van der Waals surface area contributed by atoms with Crippen molar-refractivity contribution in [2.75, 3.05) is 18.1 Å². The molecule has 10 nitrogen and oxygen atoms in total. The zero-order chi connectivity index (χ0) is 26.5. The fourth-order valence-corrected chi connectivity index (χ4v) is 6.15. The van der Waals surface area contributed by atoms with Gasteiger partial charge in [-0.2, -0.15) is 4.72 Å². The number of fused-ring (bicyclic) bond motifs is 1. The predicted octanol–water partition coefficient (Wildman–Crippen LogP) is 3.08. The zero-order valence-corrected chi connectivity index (χ0v) is 21.4. The van der Waals surface area contributed by atoms with Gasteiger partial charge in [0.25, 0.3) is 0 Å². The minimum atomic E-state index is -4.33. The second-order valence-electron chi connectivity index (χ2n) is 9.46. The van der Waals surface area contributed by atoms with Gasteiger partial charge in [0.15, 0.2) is 5.75 Å². The minimum absolute atomic E-state index is 0.0513. The molecule has 1 saturated carbocycles. The molecule has 3 aromatic rings. The summed E-state index contributed by atoms with van der Waals surface area (Å²) >= 11 is 0. The maximum atomic E-state index is 15.0. The Morgan fingerprint density at radius 1 is 1.24 bits per heavy atom. The Labute approximate surface area is 212 Å². The number of hydrogen-bond donors (Lipinski definition) is 2. The van der Waals surface area contributed by atoms with Crippen molar-refractivity contribution in [3.63, 3.8) is 0 Å². The molecule has 2 atom stereocenters. The summed E-state index contributed by atoms with van der Waals surface area (Å²) in [4.78, 5) is 25.9. The molecule has 0 radical (unpaired) electrons. The summed E-state index contributed by atoms with van der Waals surface area (Å²) in [7, 11) is -4.33. The van der Waals surface area contributed by atoms with E-state index in [0.717, 1.165) is 18.4 Å². The molecule has 1 amide bonds. The van der Waals surface area contributed by atoms with Gasteiger partial charge in [0.2, 0.25) is 21.8 Å². The number of aromatic nitrogens is 2. The Kier molecular flexibility index (Phi) is 6.40. The number of aryl methyl sites for hydroxylation is 1. The third-order valence-electron chi connectivity index (χ3n) is 6.98. The van der Waals surface area contributed by atoms with Gasteiger partial charge in [-0.1, -0.05) is 19.1 Å². The zero-order valence-electron chi connectivity index (χ0n) is 20.6. The Morgan fingerprint density at radius 3 is 2.68 bits per heavy atom. The lowest BCUT2D eigenvalue weighted by Crippen LogP contribution is -2.40. The van der Waals surface area contributed by atoms with Crippen LogP contribution in [0, 0.1) is 25.6 Å². The number of hydrogen-bond acceptors (Lipinski definition) is 7. The van der Waals surface area contributed by atoms with Crippen molar-refractivity contribution >= 4 is 21.6 Å². The van der Waals surface area contributed by atoms with Gasteiger partial charge < -0.3 is 14.1 Å². The highest BCUT2D eigenvalue weighted by Crippen LogP contribution is 2.42. The molecule has 37 heavy (non-hydrogen) atoms. The molecule has 2 N–H and O–H groups in total. The molecule has 1 aliphatic heterocycles. The molecule has 2 unspecified atom stereocenters. The van der Waals surface area contributed by atoms with Crippen molar-refractivity contribution < 1.29 is 26.8 Å². The predicted molar refractivity (Wildman–Crippen MR) is 131 cm³/mol. The molecule has 2 heterocycles. The van der Waals surface area contributed by atoms with Crippen LogP contribution >= 0.6 is 0 Å². The van der Waals surface area contributed by atoms with E-state index in [9.17, 15) is 22.4 Å². The summed E-state index contributed by atoms with van der Waals surface area (Å²) in [6, 6.07) is 6.26. The highest BCUT2D eigenvalue weighted by Gasteiger charge is 2.39. The molecule has 1 aromatic heterocycles. The largest absolute Gasteiger partial charge is 0.488 e. The van der Waals surface area contributed by atoms with Gasteiger partial charge >= 0.3 is 5.76 Å². The van der Waals surface area contributed by atoms with Crippen LogP contribution in [0.3, 0.4) is 0 Å². The number of ether oxygens (including phenoxy) is 1. The molecule has 5 rings (SSSR count). The van der Waals surface area contributed by atoms with E-state index in [4.69, 9.17) is 9.15 Å². The molecule has 0 bridgehead atoms. The van der Waals surface area contributed by atoms with Crippen molar-refractivity contribution in [2.24, 2.45) is 5.92 Å². The fraction of sp³-hybridized carbons (Fsp3) is 0.400. The van der Waals surface area contributed by atoms with Gasteiger partial charge in [-0.25, -0.2) is 22.7 Å². The molecular weight excluding hydrogens is 503 g/mol. The second kappa shape index (κ2) is 9.42. The Bertz CT molecular complexity index is 1530. The van der Waals surface area contributed by atoms with Crippen LogP contribution in [0.4, 0.5) is 10.1 Å². The van der Waals surface area contributed by atoms with Crippen LogP contribution in [0.5, 0.6) is 5.75 Å². The summed E-state index contributed by atoms with van der Waals surface area (Å²) in [5.74, 6) is -2.49. The van der Waals surface area contributed by atoms with E-state index in [2.05, 4.69) is 14.9 Å². The summed E-state index contributed by atoms with van der Waals surface area (Å²) in [5.41, 5.74) is 2.11. The maximum Gasteiger partial charge on any atom is 0.434 e. The van der Waals surface area contributed by atoms with Gasteiger partial charge in [-0.3, -0.25) is 4.79 Å². The second-order valence-corrected chi connectivity index (χ2v) is 11.1. The number of nitrogens with zero attached hydrogens (tertiary/aromatic N) is 2. The van der Waals surface area contributed by atoms with E-state index in [0.29, 0.717) is 17.8 Å². The maximum absolute atomic E-state index is 15.0. The van der Waals surface area contributed by atoms with Gasteiger partial charge in [-0.15, -0.1) is 5.10 Å². The number of carbonyl (C=O) groups is 1. The number of carbonyl (C=O) groups excluding carboxylic acids is 1. The van der Waals surface area contributed by atoms with Crippen LogP contribution in [-0.2, 0) is 14.8 Å². The first-order valence-corrected chi connectivity index (χ1v) is 13.5. The van der Waals surface area contributed by atoms with Gasteiger partial charge in [0, 0.05) is 11.8 Å². The highest BCUT2D eigenvalue weighted by atomic mass is 32.2. The van der Waals surface area contributed by atoms with E-state index in [1.807, 2.05) is 6.92 Å². The van der Waals surface area contributed by atoms with Crippen molar-refractivity contribution in [3.05, 3.63) is 69.3 Å². The lowest BCUT2D eigenvalue weighted by Gasteiger charge is -2.31. The average molecular weight is 531 g/mol. The summed E-state index contributed by atoms with van der Waals surface area (Å²) < 4.78 is 55.9. The summed E-state index contributed by atoms with van der Waals surface area (Å²) in [5, 5.41) is 5.97. The fourth-order valence-electron chi connectivity index (χ4n) is 4.71. The smallest absolute Gasteiger partial charge is 0.434 e. The molecule has 1 fully saturated rings. The number of benzene rings is 2. The topological polar surface area (TPSA) is 135 Å². The van der Waals surface area contributed by atoms with E-state index in [-0.39, 0.29) is 40.5 Å². The van der Waals surface area contributed by atoms with Crippen LogP contribution < -0.4 is 20.1 Å². The van der Waals surface area contributed by atoms with Crippen LogP contribution in [0.1, 0.15) is 54.3 Å². The van der Waals surface area contributed by atoms with Gasteiger partial charge in [0.1, 0.15) is 23.4 Å². The number of aromatic amines is 1. The van der Waals surface area contributed by atoms with Gasteiger partial charge in [0.05, 0.1) is 12.2 Å². The number of para-hydroxylation sites is 1. The Morgan fingerprint density at radius 2 is 2.00 bits per heavy atom. The minimum Gasteiger partial charge on any atom is -0.488 e. The standard InChI is InChI=1S/C25H27FN4O6S/c1-13-7-10-17(26)20(14(13)2)15(3)21(23-27-28-25(32)36-23)29-37(33,34)19-6-4-5-18-22(19)35-12-11-30(18)24(31)16-8-9-16/h4-7,10,15-16,21,29H,8-9,11-12H2,1-3H3,(H,28,32). The third-order valence-corrected chi connectivity index (χ3v) is 8.45. The number of H-pyrrole nitrogens is 1. The highest BCUT2D eigenvalue weighted by molar-refractivity contribution is 7.89. The molecular formula is C25H27FN4O6S. The van der Waals surface area contributed by atoms with E-state index >= 15 is 0 Å². The molecule has 1 aliphatic carbocycles. The summed E-state index contributed by atoms with van der Waals surface area (Å²) in [6.07, 6.45) is 1.63. The lowest BCUT2D eigenvalue weighted by molar-refractivity contribution is -0.120. The van der Waals surface area contributed by atoms with E-state index < -0.39 is 33.6 Å². The molecule has 196 valence electrons. The Balaban J connectivity index is 1.56. The van der Waals surface area contributed by atoms with Crippen molar-refractivity contribution in [3.8, 4) is 5.75 Å². The van der Waals surface area contributed by atoms with Crippen molar-refractivity contribution in [1.29, 1.82) is 0 Å². The van der Waals surface area contributed by atoms with Gasteiger partial charge in [-0.05, 0) is 61.6 Å². The number of sulfonamides is 1. The first-order chi connectivity index (χ1) is 17.6. The SMILES string of the molecule is Cc1ccc(F)c(C(C)C(NS(=O)(=O)c2cccc3c2OCCN3C(=O)C2CC2)c2n[nH]c(=O)o2)c1C.